The first-order valence-corrected chi connectivity index (χ1v) is 7.93. The molecule has 1 N–H and O–H groups in total. The van der Waals surface area contributed by atoms with Crippen molar-refractivity contribution in [3.63, 3.8) is 0 Å². The molecule has 0 heterocycles. The third kappa shape index (κ3) is 6.01. The van der Waals surface area contributed by atoms with Crippen LogP contribution >= 0.6 is 15.9 Å². The molecule has 0 radical (unpaired) electrons. The number of hydrogen-bond acceptors (Lipinski definition) is 1. The zero-order valence-corrected chi connectivity index (χ0v) is 13.0. The van der Waals surface area contributed by atoms with Crippen molar-refractivity contribution in [3.05, 3.63) is 34.3 Å². The maximum absolute atomic E-state index is 9.48. The van der Waals surface area contributed by atoms with Gasteiger partial charge in [-0.3, -0.25) is 0 Å². The predicted octanol–water partition coefficient (Wildman–Crippen LogP) is 5.28. The lowest BCUT2D eigenvalue weighted by atomic mass is 9.93. The van der Waals surface area contributed by atoms with E-state index in [1.165, 1.54) is 44.1 Å². The number of aliphatic hydroxyl groups excluding tert-OH is 1. The summed E-state index contributed by atoms with van der Waals surface area (Å²) in [6, 6.07) is 8.34. The summed E-state index contributed by atoms with van der Waals surface area (Å²) >= 11 is 3.44. The van der Waals surface area contributed by atoms with Crippen molar-refractivity contribution >= 4 is 15.9 Å². The van der Waals surface area contributed by atoms with Gasteiger partial charge in [-0.25, -0.2) is 0 Å². The fourth-order valence-corrected chi connectivity index (χ4v) is 2.53. The van der Waals surface area contributed by atoms with Gasteiger partial charge in [0.2, 0.25) is 0 Å². The Kier molecular flexibility index (Phi) is 8.36. The van der Waals surface area contributed by atoms with E-state index in [4.69, 9.17) is 0 Å². The number of benzene rings is 1. The van der Waals surface area contributed by atoms with Crippen LogP contribution in [0.2, 0.25) is 0 Å². The minimum absolute atomic E-state index is 0.261. The van der Waals surface area contributed by atoms with E-state index in [1.54, 1.807) is 0 Å². The molecule has 1 atom stereocenters. The van der Waals surface area contributed by atoms with E-state index in [1.807, 2.05) is 0 Å². The predicted molar refractivity (Wildman–Crippen MR) is 82.0 cm³/mol. The summed E-state index contributed by atoms with van der Waals surface area (Å²) in [5.41, 5.74) is 1.26. The Labute approximate surface area is 120 Å². The Morgan fingerprint density at radius 1 is 1.00 bits per heavy atom. The molecule has 0 aliphatic rings. The van der Waals surface area contributed by atoms with Gasteiger partial charge in [0.15, 0.2) is 0 Å². The summed E-state index contributed by atoms with van der Waals surface area (Å²) in [6.07, 6.45) is 8.99. The summed E-state index contributed by atoms with van der Waals surface area (Å²) in [6.45, 7) is 2.51. The van der Waals surface area contributed by atoms with Crippen molar-refractivity contribution < 1.29 is 5.11 Å². The Morgan fingerprint density at radius 2 is 1.61 bits per heavy atom. The van der Waals surface area contributed by atoms with Crippen LogP contribution in [0.1, 0.15) is 63.4 Å². The molecular weight excluding hydrogens is 288 g/mol. The highest BCUT2D eigenvalue weighted by molar-refractivity contribution is 9.10. The molecule has 0 fully saturated rings. The van der Waals surface area contributed by atoms with Gasteiger partial charge in [-0.2, -0.15) is 0 Å². The first-order valence-electron chi connectivity index (χ1n) is 7.14. The third-order valence-electron chi connectivity index (χ3n) is 3.47. The van der Waals surface area contributed by atoms with Gasteiger partial charge in [0.25, 0.3) is 0 Å². The normalized spacial score (nSPS) is 12.6. The van der Waals surface area contributed by atoms with Crippen LogP contribution in [-0.2, 0) is 0 Å². The Bertz CT molecular complexity index is 307. The molecule has 0 amide bonds. The Morgan fingerprint density at radius 3 is 2.22 bits per heavy atom. The molecule has 0 aliphatic carbocycles. The van der Waals surface area contributed by atoms with Crippen LogP contribution in [0, 0.1) is 0 Å². The molecule has 1 unspecified atom stereocenters. The van der Waals surface area contributed by atoms with Crippen LogP contribution in [0.5, 0.6) is 0 Å². The third-order valence-corrected chi connectivity index (χ3v) is 4.00. The van der Waals surface area contributed by atoms with Gasteiger partial charge in [0.05, 0.1) is 0 Å². The van der Waals surface area contributed by atoms with E-state index in [0.29, 0.717) is 5.92 Å². The van der Waals surface area contributed by atoms with E-state index in [2.05, 4.69) is 47.1 Å². The Balaban J connectivity index is 2.27. The van der Waals surface area contributed by atoms with Crippen molar-refractivity contribution in [2.75, 3.05) is 6.61 Å². The molecule has 0 aliphatic heterocycles. The number of aliphatic hydroxyl groups is 1. The highest BCUT2D eigenvalue weighted by Crippen LogP contribution is 2.24. The van der Waals surface area contributed by atoms with Crippen molar-refractivity contribution in [2.24, 2.45) is 0 Å². The molecule has 1 aromatic carbocycles. The highest BCUT2D eigenvalue weighted by Gasteiger charge is 2.09. The zero-order chi connectivity index (χ0) is 13.2. The molecule has 0 aromatic heterocycles. The lowest BCUT2D eigenvalue weighted by Crippen LogP contribution is -2.04. The maximum Gasteiger partial charge on any atom is 0.0499 e. The van der Waals surface area contributed by atoms with Gasteiger partial charge in [0.1, 0.15) is 0 Å². The van der Waals surface area contributed by atoms with E-state index in [-0.39, 0.29) is 6.61 Å². The number of rotatable bonds is 9. The number of unbranched alkanes of at least 4 members (excludes halogenated alkanes) is 5. The molecule has 0 saturated heterocycles. The molecule has 0 bridgehead atoms. The summed E-state index contributed by atoms with van der Waals surface area (Å²) in [4.78, 5) is 0. The van der Waals surface area contributed by atoms with Crippen LogP contribution in [-0.4, -0.2) is 11.7 Å². The van der Waals surface area contributed by atoms with E-state index < -0.39 is 0 Å². The quantitative estimate of drug-likeness (QED) is 0.615. The summed E-state index contributed by atoms with van der Waals surface area (Å²) in [5.74, 6) is 0.310. The summed E-state index contributed by atoms with van der Waals surface area (Å²) < 4.78 is 1.10. The van der Waals surface area contributed by atoms with Crippen LogP contribution in [0.4, 0.5) is 0 Å². The van der Waals surface area contributed by atoms with Crippen molar-refractivity contribution in [1.29, 1.82) is 0 Å². The molecule has 0 spiro atoms. The first-order chi connectivity index (χ1) is 8.77. The number of halogens is 1. The van der Waals surface area contributed by atoms with Gasteiger partial charge in [0, 0.05) is 17.0 Å². The van der Waals surface area contributed by atoms with Gasteiger partial charge in [-0.05, 0) is 24.1 Å². The second kappa shape index (κ2) is 9.57. The summed E-state index contributed by atoms with van der Waals surface area (Å²) in [7, 11) is 0. The Hall–Kier alpha value is -0.340. The van der Waals surface area contributed by atoms with Crippen molar-refractivity contribution in [3.8, 4) is 0 Å². The topological polar surface area (TPSA) is 20.2 Å². The van der Waals surface area contributed by atoms with Crippen LogP contribution in [0.15, 0.2) is 28.7 Å². The van der Waals surface area contributed by atoms with Crippen LogP contribution in [0.25, 0.3) is 0 Å². The average molecular weight is 313 g/mol. The second-order valence-corrected chi connectivity index (χ2v) is 5.90. The standard InChI is InChI=1S/C16H25BrO/c1-2-3-4-5-6-7-8-15(13-18)14-9-11-16(17)12-10-14/h9-12,15,18H,2-8,13H2,1H3. The van der Waals surface area contributed by atoms with E-state index in [9.17, 15) is 5.11 Å². The number of hydrogen-bond donors (Lipinski definition) is 1. The van der Waals surface area contributed by atoms with E-state index >= 15 is 0 Å². The van der Waals surface area contributed by atoms with Crippen LogP contribution < -0.4 is 0 Å². The molecule has 1 rings (SSSR count). The van der Waals surface area contributed by atoms with Gasteiger partial charge < -0.3 is 5.11 Å². The van der Waals surface area contributed by atoms with Gasteiger partial charge >= 0.3 is 0 Å². The SMILES string of the molecule is CCCCCCCCC(CO)c1ccc(Br)cc1. The molecule has 2 heteroatoms. The smallest absolute Gasteiger partial charge is 0.0499 e. The lowest BCUT2D eigenvalue weighted by molar-refractivity contribution is 0.256. The van der Waals surface area contributed by atoms with Crippen LogP contribution in [0.3, 0.4) is 0 Å². The second-order valence-electron chi connectivity index (χ2n) is 4.99. The van der Waals surface area contributed by atoms with Gasteiger partial charge in [-0.15, -0.1) is 0 Å². The molecule has 0 saturated carbocycles. The molecule has 102 valence electrons. The maximum atomic E-state index is 9.48. The van der Waals surface area contributed by atoms with Crippen molar-refractivity contribution in [2.45, 2.75) is 57.8 Å². The largest absolute Gasteiger partial charge is 0.396 e. The van der Waals surface area contributed by atoms with Crippen molar-refractivity contribution in [1.82, 2.24) is 0 Å². The van der Waals surface area contributed by atoms with E-state index in [0.717, 1.165) is 10.9 Å². The first kappa shape index (κ1) is 15.7. The highest BCUT2D eigenvalue weighted by atomic mass is 79.9. The molecule has 18 heavy (non-hydrogen) atoms. The molecular formula is C16H25BrO. The molecule has 1 nitrogen and oxygen atoms in total. The molecule has 1 aromatic rings. The minimum atomic E-state index is 0.261. The fraction of sp³-hybridized carbons (Fsp3) is 0.625. The zero-order valence-electron chi connectivity index (χ0n) is 11.4. The monoisotopic (exact) mass is 312 g/mol. The van der Waals surface area contributed by atoms with Gasteiger partial charge in [-0.1, -0.05) is 73.5 Å². The summed E-state index contributed by atoms with van der Waals surface area (Å²) in [5, 5.41) is 9.48. The lowest BCUT2D eigenvalue weighted by Gasteiger charge is -2.14. The minimum Gasteiger partial charge on any atom is -0.396 e. The average Bonchev–Trinajstić information content (AvgIpc) is 2.39. The fourth-order valence-electron chi connectivity index (χ4n) is 2.27.